The van der Waals surface area contributed by atoms with Crippen molar-refractivity contribution in [3.05, 3.63) is 29.6 Å². The normalized spacial score (nSPS) is 31.4. The Bertz CT molecular complexity index is 497. The molecular weight excluding hydrogens is 259 g/mol. The first kappa shape index (κ1) is 14.1. The summed E-state index contributed by atoms with van der Waals surface area (Å²) in [6.45, 7) is 0.358. The van der Waals surface area contributed by atoms with Gasteiger partial charge in [-0.05, 0) is 32.2 Å². The average molecular weight is 275 g/mol. The van der Waals surface area contributed by atoms with Crippen molar-refractivity contribution < 1.29 is 17.9 Å². The molecule has 106 valence electrons. The van der Waals surface area contributed by atoms with Crippen molar-refractivity contribution >= 4 is 5.69 Å². The van der Waals surface area contributed by atoms with Crippen LogP contribution in [0.5, 0.6) is 0 Å². The van der Waals surface area contributed by atoms with E-state index in [1.165, 1.54) is 26.1 Å². The van der Waals surface area contributed by atoms with E-state index in [0.717, 1.165) is 11.0 Å². The number of hydrogen-bond donors (Lipinski definition) is 2. The zero-order valence-electron chi connectivity index (χ0n) is 10.7. The van der Waals surface area contributed by atoms with E-state index in [9.17, 15) is 13.2 Å². The summed E-state index contributed by atoms with van der Waals surface area (Å²) in [5.74, 6) is -4.05. The molecule has 2 atom stereocenters. The number of alkyl halides is 2. The summed E-state index contributed by atoms with van der Waals surface area (Å²) in [6, 6.07) is 3.60. The van der Waals surface area contributed by atoms with Gasteiger partial charge in [0.1, 0.15) is 18.0 Å². The van der Waals surface area contributed by atoms with E-state index < -0.39 is 30.2 Å². The molecule has 1 heterocycles. The van der Waals surface area contributed by atoms with Gasteiger partial charge in [-0.2, -0.15) is 0 Å². The van der Waals surface area contributed by atoms with Crippen LogP contribution in [0.3, 0.4) is 0 Å². The number of ether oxygens (including phenoxy) is 1. The predicted octanol–water partition coefficient (Wildman–Crippen LogP) is 1.46. The molecule has 1 saturated heterocycles. The Balaban J connectivity index is 2.62. The molecule has 7 heteroatoms. The Morgan fingerprint density at radius 1 is 1.42 bits per heavy atom. The Morgan fingerprint density at radius 2 is 2.05 bits per heavy atom. The summed E-state index contributed by atoms with van der Waals surface area (Å²) in [5, 5.41) is 0. The van der Waals surface area contributed by atoms with Gasteiger partial charge in [0, 0.05) is 11.3 Å². The third kappa shape index (κ3) is 1.98. The highest BCUT2D eigenvalue weighted by Crippen LogP contribution is 2.46. The Morgan fingerprint density at radius 3 is 2.68 bits per heavy atom. The molecular formula is C12H16F3N3O. The van der Waals surface area contributed by atoms with Crippen LogP contribution in [0.25, 0.3) is 0 Å². The first-order chi connectivity index (χ1) is 8.70. The number of halogens is 3. The SMILES string of the molecule is CN1C(N)OCC(F)(F)C1(C)c1cc(N)ccc1F. The number of rotatable bonds is 1. The largest absolute Gasteiger partial charge is 0.399 e. The van der Waals surface area contributed by atoms with E-state index in [2.05, 4.69) is 0 Å². The molecule has 0 amide bonds. The quantitative estimate of drug-likeness (QED) is 0.762. The van der Waals surface area contributed by atoms with Gasteiger partial charge in [-0.3, -0.25) is 10.6 Å². The minimum atomic E-state index is -3.30. The lowest BCUT2D eigenvalue weighted by Gasteiger charge is -2.50. The van der Waals surface area contributed by atoms with Crippen LogP contribution >= 0.6 is 0 Å². The number of anilines is 1. The van der Waals surface area contributed by atoms with Gasteiger partial charge >= 0.3 is 0 Å². The maximum atomic E-state index is 14.2. The molecule has 0 radical (unpaired) electrons. The second-order valence-corrected chi connectivity index (χ2v) is 4.83. The molecule has 0 spiro atoms. The van der Waals surface area contributed by atoms with Crippen molar-refractivity contribution in [1.82, 2.24) is 4.90 Å². The zero-order chi connectivity index (χ0) is 14.4. The number of hydrogen-bond acceptors (Lipinski definition) is 4. The molecule has 0 aromatic heterocycles. The first-order valence-electron chi connectivity index (χ1n) is 5.73. The molecule has 2 rings (SSSR count). The molecule has 2 unspecified atom stereocenters. The lowest BCUT2D eigenvalue weighted by molar-refractivity contribution is -0.272. The molecule has 0 saturated carbocycles. The Hall–Kier alpha value is -1.31. The van der Waals surface area contributed by atoms with Gasteiger partial charge in [0.2, 0.25) is 0 Å². The van der Waals surface area contributed by atoms with Gasteiger partial charge in [-0.25, -0.2) is 13.2 Å². The highest BCUT2D eigenvalue weighted by atomic mass is 19.3. The molecule has 1 aliphatic rings. The summed E-state index contributed by atoms with van der Waals surface area (Å²) >= 11 is 0. The smallest absolute Gasteiger partial charge is 0.293 e. The van der Waals surface area contributed by atoms with Crippen LogP contribution in [-0.2, 0) is 10.3 Å². The predicted molar refractivity (Wildman–Crippen MR) is 64.8 cm³/mol. The summed E-state index contributed by atoms with van der Waals surface area (Å²) in [6.07, 6.45) is -1.04. The molecule has 4 N–H and O–H groups in total. The lowest BCUT2D eigenvalue weighted by Crippen LogP contribution is -2.67. The minimum Gasteiger partial charge on any atom is -0.399 e. The third-order valence-corrected chi connectivity index (χ3v) is 3.75. The molecule has 0 aliphatic carbocycles. The summed E-state index contributed by atoms with van der Waals surface area (Å²) in [4.78, 5) is 1.11. The van der Waals surface area contributed by atoms with E-state index in [-0.39, 0.29) is 11.3 Å². The van der Waals surface area contributed by atoms with Crippen LogP contribution < -0.4 is 11.5 Å². The molecule has 4 nitrogen and oxygen atoms in total. The van der Waals surface area contributed by atoms with Crippen molar-refractivity contribution in [1.29, 1.82) is 0 Å². The summed E-state index contributed by atoms with van der Waals surface area (Å²) < 4.78 is 47.2. The maximum absolute atomic E-state index is 14.2. The zero-order valence-corrected chi connectivity index (χ0v) is 10.7. The van der Waals surface area contributed by atoms with Crippen molar-refractivity contribution in [2.24, 2.45) is 5.73 Å². The van der Waals surface area contributed by atoms with E-state index in [0.29, 0.717) is 0 Å². The van der Waals surface area contributed by atoms with Crippen LogP contribution in [-0.4, -0.2) is 30.8 Å². The summed E-state index contributed by atoms with van der Waals surface area (Å²) in [7, 11) is 1.36. The first-order valence-corrected chi connectivity index (χ1v) is 5.73. The van der Waals surface area contributed by atoms with Crippen LogP contribution in [0.15, 0.2) is 18.2 Å². The molecule has 1 aliphatic heterocycles. The minimum absolute atomic E-state index is 0.196. The molecule has 1 fully saturated rings. The molecule has 0 bridgehead atoms. The van der Waals surface area contributed by atoms with Crippen LogP contribution in [0, 0.1) is 5.82 Å². The molecule has 1 aromatic carbocycles. The fourth-order valence-electron chi connectivity index (χ4n) is 2.26. The van der Waals surface area contributed by atoms with Gasteiger partial charge in [-0.1, -0.05) is 0 Å². The monoisotopic (exact) mass is 275 g/mol. The van der Waals surface area contributed by atoms with Gasteiger partial charge in [0.25, 0.3) is 5.92 Å². The highest BCUT2D eigenvalue weighted by molar-refractivity contribution is 5.45. The van der Waals surface area contributed by atoms with Gasteiger partial charge in [-0.15, -0.1) is 0 Å². The highest BCUT2D eigenvalue weighted by Gasteiger charge is 2.59. The van der Waals surface area contributed by atoms with Crippen molar-refractivity contribution in [2.75, 3.05) is 19.4 Å². The van der Waals surface area contributed by atoms with E-state index in [4.69, 9.17) is 16.2 Å². The van der Waals surface area contributed by atoms with E-state index in [1.54, 1.807) is 0 Å². The van der Waals surface area contributed by atoms with Crippen molar-refractivity contribution in [2.45, 2.75) is 24.7 Å². The number of nitrogens with zero attached hydrogens (tertiary/aromatic N) is 1. The van der Waals surface area contributed by atoms with Gasteiger partial charge < -0.3 is 10.5 Å². The van der Waals surface area contributed by atoms with Crippen molar-refractivity contribution in [3.8, 4) is 0 Å². The molecule has 1 aromatic rings. The third-order valence-electron chi connectivity index (χ3n) is 3.75. The number of nitrogen functional groups attached to an aromatic ring is 1. The number of benzene rings is 1. The lowest BCUT2D eigenvalue weighted by atomic mass is 9.82. The Kier molecular flexibility index (Phi) is 3.24. The van der Waals surface area contributed by atoms with Crippen molar-refractivity contribution in [3.63, 3.8) is 0 Å². The van der Waals surface area contributed by atoms with Gasteiger partial charge in [0.05, 0.1) is 0 Å². The van der Waals surface area contributed by atoms with Crippen LogP contribution in [0.1, 0.15) is 12.5 Å². The Labute approximate surface area is 109 Å². The van der Waals surface area contributed by atoms with Crippen LogP contribution in [0.2, 0.25) is 0 Å². The fraction of sp³-hybridized carbons (Fsp3) is 0.500. The van der Waals surface area contributed by atoms with E-state index >= 15 is 0 Å². The topological polar surface area (TPSA) is 64.5 Å². The average Bonchev–Trinajstić information content (AvgIpc) is 2.35. The van der Waals surface area contributed by atoms with Crippen LogP contribution in [0.4, 0.5) is 18.9 Å². The summed E-state index contributed by atoms with van der Waals surface area (Å²) in [5.41, 5.74) is 9.27. The maximum Gasteiger partial charge on any atom is 0.293 e. The molecule has 19 heavy (non-hydrogen) atoms. The van der Waals surface area contributed by atoms with E-state index in [1.807, 2.05) is 0 Å². The standard InChI is InChI=1S/C12H16F3N3O/c1-11(8-5-7(16)3-4-9(8)13)12(14,15)6-19-10(17)18(11)2/h3-5,10H,6,16-17H2,1-2H3. The van der Waals surface area contributed by atoms with Gasteiger partial charge in [0.15, 0.2) is 6.35 Å². The second-order valence-electron chi connectivity index (χ2n) is 4.83. The fourth-order valence-corrected chi connectivity index (χ4v) is 2.26. The second kappa shape index (κ2) is 4.36. The number of nitrogens with two attached hydrogens (primary N) is 2.